The lowest BCUT2D eigenvalue weighted by Crippen LogP contribution is -2.52. The summed E-state index contributed by atoms with van der Waals surface area (Å²) in [6, 6.07) is 0.339. The van der Waals surface area contributed by atoms with Gasteiger partial charge in [0.05, 0.1) is 6.10 Å². The molecule has 2 heterocycles. The molecule has 1 unspecified atom stereocenters. The van der Waals surface area contributed by atoms with Crippen LogP contribution in [-0.2, 0) is 9.53 Å². The standard InChI is InChI=1S/C12H22N2O2.ClH/c1-10-9-13-6-7-14(10)12(15)5-4-11-3-2-8-16-11;/h10-11,13H,2-9H2,1H3;1H/t10-,11?;/m1./s1. The Morgan fingerprint density at radius 3 is 3.00 bits per heavy atom. The molecule has 0 aromatic heterocycles. The lowest BCUT2D eigenvalue weighted by Gasteiger charge is -2.34. The molecule has 100 valence electrons. The molecule has 0 aliphatic carbocycles. The average molecular weight is 263 g/mol. The molecule has 0 spiro atoms. The predicted octanol–water partition coefficient (Wildman–Crippen LogP) is 1.19. The number of nitrogens with one attached hydrogen (secondary N) is 1. The summed E-state index contributed by atoms with van der Waals surface area (Å²) in [5.74, 6) is 0.296. The first-order valence-electron chi connectivity index (χ1n) is 6.39. The molecule has 2 aliphatic heterocycles. The molecule has 0 aromatic carbocycles. The molecule has 4 nitrogen and oxygen atoms in total. The summed E-state index contributed by atoms with van der Waals surface area (Å²) in [7, 11) is 0. The fourth-order valence-electron chi connectivity index (χ4n) is 2.51. The maximum Gasteiger partial charge on any atom is 0.222 e. The highest BCUT2D eigenvalue weighted by Gasteiger charge is 2.24. The van der Waals surface area contributed by atoms with Gasteiger partial charge >= 0.3 is 0 Å². The topological polar surface area (TPSA) is 41.6 Å². The first kappa shape index (κ1) is 14.7. The van der Waals surface area contributed by atoms with Crippen molar-refractivity contribution in [2.45, 2.75) is 44.8 Å². The Balaban J connectivity index is 0.00000144. The van der Waals surface area contributed by atoms with E-state index < -0.39 is 0 Å². The van der Waals surface area contributed by atoms with E-state index in [0.29, 0.717) is 24.5 Å². The van der Waals surface area contributed by atoms with Crippen molar-refractivity contribution in [1.82, 2.24) is 10.2 Å². The average Bonchev–Trinajstić information content (AvgIpc) is 2.79. The molecule has 2 fully saturated rings. The normalized spacial score (nSPS) is 28.9. The summed E-state index contributed by atoms with van der Waals surface area (Å²) < 4.78 is 5.53. The van der Waals surface area contributed by atoms with Crippen molar-refractivity contribution in [3.63, 3.8) is 0 Å². The highest BCUT2D eigenvalue weighted by atomic mass is 35.5. The largest absolute Gasteiger partial charge is 0.378 e. The van der Waals surface area contributed by atoms with Gasteiger partial charge in [0, 0.05) is 38.7 Å². The summed E-state index contributed by atoms with van der Waals surface area (Å²) in [4.78, 5) is 14.0. The highest BCUT2D eigenvalue weighted by Crippen LogP contribution is 2.18. The second-order valence-corrected chi connectivity index (χ2v) is 4.81. The van der Waals surface area contributed by atoms with E-state index in [9.17, 15) is 4.79 Å². The molecule has 0 saturated carbocycles. The van der Waals surface area contributed by atoms with E-state index in [-0.39, 0.29) is 12.4 Å². The van der Waals surface area contributed by atoms with Crippen LogP contribution in [0.3, 0.4) is 0 Å². The molecule has 5 heteroatoms. The van der Waals surface area contributed by atoms with Crippen molar-refractivity contribution in [2.24, 2.45) is 0 Å². The van der Waals surface area contributed by atoms with E-state index in [1.807, 2.05) is 4.90 Å². The van der Waals surface area contributed by atoms with Gasteiger partial charge in [0.2, 0.25) is 5.91 Å². The minimum atomic E-state index is 0. The van der Waals surface area contributed by atoms with Crippen LogP contribution in [0, 0.1) is 0 Å². The Morgan fingerprint density at radius 1 is 1.53 bits per heavy atom. The molecule has 0 radical (unpaired) electrons. The van der Waals surface area contributed by atoms with E-state index >= 15 is 0 Å². The van der Waals surface area contributed by atoms with Crippen LogP contribution in [-0.4, -0.2) is 49.2 Å². The maximum absolute atomic E-state index is 12.0. The van der Waals surface area contributed by atoms with E-state index in [0.717, 1.165) is 45.5 Å². The van der Waals surface area contributed by atoms with Crippen molar-refractivity contribution in [3.05, 3.63) is 0 Å². The van der Waals surface area contributed by atoms with Crippen LogP contribution in [0.2, 0.25) is 0 Å². The molecular weight excluding hydrogens is 240 g/mol. The van der Waals surface area contributed by atoms with Gasteiger partial charge in [0.25, 0.3) is 0 Å². The first-order valence-corrected chi connectivity index (χ1v) is 6.39. The third-order valence-corrected chi connectivity index (χ3v) is 3.53. The first-order chi connectivity index (χ1) is 7.77. The molecule has 0 aromatic rings. The summed E-state index contributed by atoms with van der Waals surface area (Å²) in [6.07, 6.45) is 4.17. The molecule has 0 bridgehead atoms. The zero-order chi connectivity index (χ0) is 11.4. The zero-order valence-corrected chi connectivity index (χ0v) is 11.3. The lowest BCUT2D eigenvalue weighted by molar-refractivity contribution is -0.134. The van der Waals surface area contributed by atoms with Crippen LogP contribution < -0.4 is 5.32 Å². The Hall–Kier alpha value is -0.320. The number of ether oxygens (including phenoxy) is 1. The lowest BCUT2D eigenvalue weighted by atomic mass is 10.1. The van der Waals surface area contributed by atoms with Gasteiger partial charge < -0.3 is 15.0 Å². The molecule has 2 saturated heterocycles. The van der Waals surface area contributed by atoms with Crippen molar-refractivity contribution in [2.75, 3.05) is 26.2 Å². The number of hydrogen-bond donors (Lipinski definition) is 1. The van der Waals surface area contributed by atoms with Gasteiger partial charge in [0.1, 0.15) is 0 Å². The van der Waals surface area contributed by atoms with Gasteiger partial charge in [-0.25, -0.2) is 0 Å². The highest BCUT2D eigenvalue weighted by molar-refractivity contribution is 5.85. The van der Waals surface area contributed by atoms with E-state index in [4.69, 9.17) is 4.74 Å². The zero-order valence-electron chi connectivity index (χ0n) is 10.5. The van der Waals surface area contributed by atoms with Crippen LogP contribution in [0.5, 0.6) is 0 Å². The second-order valence-electron chi connectivity index (χ2n) is 4.81. The third kappa shape index (κ3) is 4.12. The Morgan fingerprint density at radius 2 is 2.35 bits per heavy atom. The van der Waals surface area contributed by atoms with Gasteiger partial charge in [-0.2, -0.15) is 0 Å². The van der Waals surface area contributed by atoms with Gasteiger partial charge in [-0.3, -0.25) is 4.79 Å². The predicted molar refractivity (Wildman–Crippen MR) is 69.5 cm³/mol. The molecule has 2 rings (SSSR count). The fourth-order valence-corrected chi connectivity index (χ4v) is 2.51. The van der Waals surface area contributed by atoms with Gasteiger partial charge in [-0.15, -0.1) is 12.4 Å². The van der Waals surface area contributed by atoms with Crippen LogP contribution in [0.15, 0.2) is 0 Å². The van der Waals surface area contributed by atoms with Crippen LogP contribution in [0.25, 0.3) is 0 Å². The Bertz CT molecular complexity index is 245. The van der Waals surface area contributed by atoms with Crippen molar-refractivity contribution in [1.29, 1.82) is 0 Å². The smallest absolute Gasteiger partial charge is 0.222 e. The van der Waals surface area contributed by atoms with Crippen LogP contribution in [0.4, 0.5) is 0 Å². The number of halogens is 1. The second kappa shape index (κ2) is 7.19. The van der Waals surface area contributed by atoms with E-state index in [2.05, 4.69) is 12.2 Å². The number of nitrogens with zero attached hydrogens (tertiary/aromatic N) is 1. The molecule has 2 atom stereocenters. The monoisotopic (exact) mass is 262 g/mol. The summed E-state index contributed by atoms with van der Waals surface area (Å²) >= 11 is 0. The van der Waals surface area contributed by atoms with Crippen molar-refractivity contribution < 1.29 is 9.53 Å². The molecular formula is C12H23ClN2O2. The van der Waals surface area contributed by atoms with Gasteiger partial charge in [-0.05, 0) is 26.2 Å². The SMILES string of the molecule is C[C@@H]1CNCCN1C(=O)CCC1CCCO1.Cl. The molecule has 1 amide bonds. The Labute approximate surface area is 109 Å². The number of carbonyl (C=O) groups is 1. The maximum atomic E-state index is 12.0. The Kier molecular flexibility index (Phi) is 6.23. The number of piperazine rings is 1. The third-order valence-electron chi connectivity index (χ3n) is 3.53. The number of carbonyl (C=O) groups excluding carboxylic acids is 1. The van der Waals surface area contributed by atoms with Crippen molar-refractivity contribution >= 4 is 18.3 Å². The quantitative estimate of drug-likeness (QED) is 0.831. The van der Waals surface area contributed by atoms with Gasteiger partial charge in [0.15, 0.2) is 0 Å². The molecule has 1 N–H and O–H groups in total. The van der Waals surface area contributed by atoms with E-state index in [1.165, 1.54) is 0 Å². The fraction of sp³-hybridized carbons (Fsp3) is 0.917. The van der Waals surface area contributed by atoms with Gasteiger partial charge in [-0.1, -0.05) is 0 Å². The van der Waals surface area contributed by atoms with Crippen molar-refractivity contribution in [3.8, 4) is 0 Å². The minimum Gasteiger partial charge on any atom is -0.378 e. The van der Waals surface area contributed by atoms with E-state index in [1.54, 1.807) is 0 Å². The summed E-state index contributed by atoms with van der Waals surface area (Å²) in [5, 5.41) is 3.30. The van der Waals surface area contributed by atoms with Crippen LogP contribution >= 0.6 is 12.4 Å². The molecule has 2 aliphatic rings. The van der Waals surface area contributed by atoms with Crippen LogP contribution in [0.1, 0.15) is 32.6 Å². The minimum absolute atomic E-state index is 0. The summed E-state index contributed by atoms with van der Waals surface area (Å²) in [6.45, 7) is 5.69. The number of amides is 1. The number of rotatable bonds is 3. The molecule has 17 heavy (non-hydrogen) atoms. The number of hydrogen-bond acceptors (Lipinski definition) is 3. The summed E-state index contributed by atoms with van der Waals surface area (Å²) in [5.41, 5.74) is 0.